The van der Waals surface area contributed by atoms with Crippen molar-refractivity contribution in [3.05, 3.63) is 29.3 Å². The van der Waals surface area contributed by atoms with Gasteiger partial charge in [0.1, 0.15) is 0 Å². The monoisotopic (exact) mass is 236 g/mol. The van der Waals surface area contributed by atoms with Crippen molar-refractivity contribution in [3.63, 3.8) is 0 Å². The normalized spacial score (nSPS) is 12.0. The van der Waals surface area contributed by atoms with Gasteiger partial charge in [-0.3, -0.25) is 0 Å². The quantitative estimate of drug-likeness (QED) is 0.749. The fraction of sp³-hybridized carbons (Fsp3) is 0.462. The number of carbonyl (C=O) groups is 1. The van der Waals surface area contributed by atoms with Crippen LogP contribution in [0.25, 0.3) is 0 Å². The van der Waals surface area contributed by atoms with Gasteiger partial charge in [-0.15, -0.1) is 0 Å². The zero-order chi connectivity index (χ0) is 12.8. The molecule has 0 heterocycles. The fourth-order valence-corrected chi connectivity index (χ4v) is 1.62. The van der Waals surface area contributed by atoms with Gasteiger partial charge in [-0.05, 0) is 31.4 Å². The molecule has 0 radical (unpaired) electrons. The van der Waals surface area contributed by atoms with Crippen LogP contribution in [0.4, 0.5) is 10.5 Å². The van der Waals surface area contributed by atoms with Crippen LogP contribution in [0.1, 0.15) is 25.0 Å². The molecule has 1 rings (SSSR count). The molecular weight excluding hydrogens is 216 g/mol. The molecule has 1 atom stereocenters. The van der Waals surface area contributed by atoms with Crippen molar-refractivity contribution in [2.75, 3.05) is 11.9 Å². The number of urea groups is 1. The molecule has 0 aliphatic carbocycles. The number of benzene rings is 1. The largest absolute Gasteiger partial charge is 0.394 e. The summed E-state index contributed by atoms with van der Waals surface area (Å²) in [4.78, 5) is 11.7. The van der Waals surface area contributed by atoms with Crippen LogP contribution in [-0.4, -0.2) is 23.8 Å². The fourth-order valence-electron chi connectivity index (χ4n) is 1.62. The summed E-state index contributed by atoms with van der Waals surface area (Å²) < 4.78 is 0. The Morgan fingerprint density at radius 1 is 1.47 bits per heavy atom. The Bertz CT molecular complexity index is 391. The zero-order valence-corrected chi connectivity index (χ0v) is 10.6. The number of amides is 2. The van der Waals surface area contributed by atoms with Gasteiger partial charge in [0, 0.05) is 5.69 Å². The van der Waals surface area contributed by atoms with Crippen LogP contribution in [0.5, 0.6) is 0 Å². The summed E-state index contributed by atoms with van der Waals surface area (Å²) in [5, 5.41) is 14.4. The highest BCUT2D eigenvalue weighted by Gasteiger charge is 2.10. The molecule has 3 N–H and O–H groups in total. The number of hydrogen-bond donors (Lipinski definition) is 3. The molecule has 0 unspecified atom stereocenters. The van der Waals surface area contributed by atoms with Crippen LogP contribution in [0.15, 0.2) is 18.2 Å². The molecule has 17 heavy (non-hydrogen) atoms. The van der Waals surface area contributed by atoms with E-state index in [1.807, 2.05) is 32.0 Å². The molecule has 0 aliphatic heterocycles. The predicted octanol–water partition coefficient (Wildman–Crippen LogP) is 2.06. The standard InChI is InChI=1S/C13H20N2O2/c1-4-11-7-5-6-9(2)12(11)15-13(17)14-10(3)8-16/h5-7,10,16H,4,8H2,1-3H3,(H2,14,15,17)/t10-/m0/s1. The lowest BCUT2D eigenvalue weighted by atomic mass is 10.1. The van der Waals surface area contributed by atoms with Gasteiger partial charge in [-0.1, -0.05) is 25.1 Å². The van der Waals surface area contributed by atoms with E-state index < -0.39 is 0 Å². The summed E-state index contributed by atoms with van der Waals surface area (Å²) in [5.74, 6) is 0. The van der Waals surface area contributed by atoms with Crippen LogP contribution >= 0.6 is 0 Å². The lowest BCUT2D eigenvalue weighted by molar-refractivity contribution is 0.229. The van der Waals surface area contributed by atoms with E-state index in [0.717, 1.165) is 23.2 Å². The first kappa shape index (κ1) is 13.5. The molecule has 2 amide bonds. The van der Waals surface area contributed by atoms with E-state index in [2.05, 4.69) is 10.6 Å². The van der Waals surface area contributed by atoms with Crippen molar-refractivity contribution in [2.45, 2.75) is 33.2 Å². The highest BCUT2D eigenvalue weighted by molar-refractivity contribution is 5.91. The van der Waals surface area contributed by atoms with Gasteiger partial charge in [-0.2, -0.15) is 0 Å². The number of rotatable bonds is 4. The topological polar surface area (TPSA) is 61.4 Å². The molecule has 0 spiro atoms. The van der Waals surface area contributed by atoms with Gasteiger partial charge >= 0.3 is 6.03 Å². The van der Waals surface area contributed by atoms with Crippen LogP contribution in [0.2, 0.25) is 0 Å². The number of aliphatic hydroxyl groups is 1. The van der Waals surface area contributed by atoms with Crippen LogP contribution < -0.4 is 10.6 Å². The molecule has 0 bridgehead atoms. The summed E-state index contributed by atoms with van der Waals surface area (Å²) in [6.45, 7) is 5.69. The summed E-state index contributed by atoms with van der Waals surface area (Å²) in [6, 6.07) is 5.41. The molecular formula is C13H20N2O2. The molecule has 4 nitrogen and oxygen atoms in total. The van der Waals surface area contributed by atoms with Gasteiger partial charge in [0.15, 0.2) is 0 Å². The maximum absolute atomic E-state index is 11.7. The van der Waals surface area contributed by atoms with Gasteiger partial charge < -0.3 is 15.7 Å². The van der Waals surface area contributed by atoms with E-state index in [1.54, 1.807) is 6.92 Å². The van der Waals surface area contributed by atoms with E-state index >= 15 is 0 Å². The van der Waals surface area contributed by atoms with Crippen molar-refractivity contribution >= 4 is 11.7 Å². The van der Waals surface area contributed by atoms with E-state index in [4.69, 9.17) is 5.11 Å². The lowest BCUT2D eigenvalue weighted by Gasteiger charge is -2.15. The Morgan fingerprint density at radius 3 is 2.76 bits per heavy atom. The van der Waals surface area contributed by atoms with Crippen LogP contribution in [-0.2, 0) is 6.42 Å². The van der Waals surface area contributed by atoms with Gasteiger partial charge in [-0.25, -0.2) is 4.79 Å². The van der Waals surface area contributed by atoms with Crippen LogP contribution in [0.3, 0.4) is 0 Å². The average molecular weight is 236 g/mol. The van der Waals surface area contributed by atoms with Crippen molar-refractivity contribution in [2.24, 2.45) is 0 Å². The number of anilines is 1. The molecule has 0 saturated heterocycles. The molecule has 0 aromatic heterocycles. The van der Waals surface area contributed by atoms with Gasteiger partial charge in [0.25, 0.3) is 0 Å². The summed E-state index contributed by atoms with van der Waals surface area (Å²) in [6.07, 6.45) is 0.868. The third-order valence-corrected chi connectivity index (χ3v) is 2.63. The number of carbonyl (C=O) groups excluding carboxylic acids is 1. The minimum Gasteiger partial charge on any atom is -0.394 e. The van der Waals surface area contributed by atoms with Crippen molar-refractivity contribution in [1.82, 2.24) is 5.32 Å². The zero-order valence-electron chi connectivity index (χ0n) is 10.6. The van der Waals surface area contributed by atoms with Crippen molar-refractivity contribution < 1.29 is 9.90 Å². The summed E-state index contributed by atoms with van der Waals surface area (Å²) in [5.41, 5.74) is 3.01. The second-order valence-corrected chi connectivity index (χ2v) is 4.14. The maximum atomic E-state index is 11.7. The SMILES string of the molecule is CCc1cccc(C)c1NC(=O)N[C@@H](C)CO. The minimum absolute atomic E-state index is 0.0676. The Morgan fingerprint density at radius 2 is 2.18 bits per heavy atom. The predicted molar refractivity (Wildman–Crippen MR) is 69.3 cm³/mol. The molecule has 1 aromatic carbocycles. The van der Waals surface area contributed by atoms with Crippen LogP contribution in [0, 0.1) is 6.92 Å². The first-order valence-electron chi connectivity index (χ1n) is 5.85. The van der Waals surface area contributed by atoms with Gasteiger partial charge in [0.2, 0.25) is 0 Å². The van der Waals surface area contributed by atoms with Gasteiger partial charge in [0.05, 0.1) is 12.6 Å². The maximum Gasteiger partial charge on any atom is 0.319 e. The first-order valence-corrected chi connectivity index (χ1v) is 5.85. The second-order valence-electron chi connectivity index (χ2n) is 4.14. The highest BCUT2D eigenvalue weighted by Crippen LogP contribution is 2.20. The van der Waals surface area contributed by atoms with E-state index in [9.17, 15) is 4.79 Å². The first-order chi connectivity index (χ1) is 8.08. The Kier molecular flexibility index (Phi) is 4.97. The summed E-state index contributed by atoms with van der Waals surface area (Å²) in [7, 11) is 0. The highest BCUT2D eigenvalue weighted by atomic mass is 16.3. The molecule has 94 valence electrons. The second kappa shape index (κ2) is 6.25. The Labute approximate surface area is 102 Å². The molecule has 0 fully saturated rings. The number of para-hydroxylation sites is 1. The van der Waals surface area contributed by atoms with E-state index in [0.29, 0.717) is 0 Å². The minimum atomic E-state index is -0.282. The van der Waals surface area contributed by atoms with E-state index in [-0.39, 0.29) is 18.7 Å². The molecule has 0 saturated carbocycles. The number of nitrogens with one attached hydrogen (secondary N) is 2. The molecule has 1 aromatic rings. The molecule has 0 aliphatic rings. The summed E-state index contributed by atoms with van der Waals surface area (Å²) >= 11 is 0. The Balaban J connectivity index is 2.77. The smallest absolute Gasteiger partial charge is 0.319 e. The van der Waals surface area contributed by atoms with Crippen molar-refractivity contribution in [3.8, 4) is 0 Å². The third kappa shape index (κ3) is 3.75. The third-order valence-electron chi connectivity index (χ3n) is 2.63. The van der Waals surface area contributed by atoms with E-state index in [1.165, 1.54) is 0 Å². The number of aryl methyl sites for hydroxylation is 2. The number of aliphatic hydroxyl groups excluding tert-OH is 1. The number of hydrogen-bond acceptors (Lipinski definition) is 2. The Hall–Kier alpha value is -1.55. The lowest BCUT2D eigenvalue weighted by Crippen LogP contribution is -2.38. The van der Waals surface area contributed by atoms with Crippen molar-refractivity contribution in [1.29, 1.82) is 0 Å². The molecule has 4 heteroatoms. The average Bonchev–Trinajstić information content (AvgIpc) is 2.31.